The molecule has 0 bridgehead atoms. The van der Waals surface area contributed by atoms with Crippen LogP contribution in [0.15, 0.2) is 72.8 Å². The molecule has 0 aliphatic carbocycles. The summed E-state index contributed by atoms with van der Waals surface area (Å²) in [6.07, 6.45) is 1.16. The van der Waals surface area contributed by atoms with Gasteiger partial charge in [-0.3, -0.25) is 14.9 Å². The van der Waals surface area contributed by atoms with Crippen molar-refractivity contribution in [3.63, 3.8) is 0 Å². The smallest absolute Gasteiger partial charge is 0.245 e. The lowest BCUT2D eigenvalue weighted by atomic mass is 9.96. The van der Waals surface area contributed by atoms with Gasteiger partial charge >= 0.3 is 0 Å². The van der Waals surface area contributed by atoms with Gasteiger partial charge in [0.05, 0.1) is 0 Å². The minimum Gasteiger partial charge on any atom is -0.368 e. The Hall–Kier alpha value is -3.18. The van der Waals surface area contributed by atoms with E-state index >= 15 is 0 Å². The third-order valence-corrected chi connectivity index (χ3v) is 5.91. The number of nitrogens with zero attached hydrogens (tertiary/aromatic N) is 1. The number of amides is 2. The maximum atomic E-state index is 13.5. The normalized spacial score (nSPS) is 20.7. The van der Waals surface area contributed by atoms with Crippen molar-refractivity contribution in [2.45, 2.75) is 37.9 Å². The van der Waals surface area contributed by atoms with Crippen LogP contribution in [0.4, 0.5) is 0 Å². The third-order valence-electron chi connectivity index (χ3n) is 5.91. The number of carbonyl (C=O) groups is 2. The predicted octanol–water partition coefficient (Wildman–Crippen LogP) is 3.19. The Morgan fingerprint density at radius 1 is 1.07 bits per heavy atom. The van der Waals surface area contributed by atoms with Gasteiger partial charge in [-0.2, -0.15) is 0 Å². The lowest BCUT2D eigenvalue weighted by Gasteiger charge is -2.31. The molecular weight excluding hydrogens is 374 g/mol. The number of fused-ring (bicyclic) bond motifs is 1. The number of carbonyl (C=O) groups excluding carboxylic acids is 2. The molecular formula is C25H27N3O2. The Balaban J connectivity index is 1.68. The summed E-state index contributed by atoms with van der Waals surface area (Å²) in [7, 11) is 0. The van der Waals surface area contributed by atoms with Crippen molar-refractivity contribution in [1.82, 2.24) is 10.2 Å². The van der Waals surface area contributed by atoms with Crippen LogP contribution >= 0.6 is 0 Å². The van der Waals surface area contributed by atoms with Crippen molar-refractivity contribution in [2.75, 3.05) is 6.54 Å². The molecule has 1 fully saturated rings. The summed E-state index contributed by atoms with van der Waals surface area (Å²) in [4.78, 5) is 27.8. The summed E-state index contributed by atoms with van der Waals surface area (Å²) >= 11 is 0. The van der Waals surface area contributed by atoms with Gasteiger partial charge in [-0.15, -0.1) is 0 Å². The molecule has 1 saturated heterocycles. The molecule has 1 heterocycles. The van der Waals surface area contributed by atoms with Crippen LogP contribution in [0.3, 0.4) is 0 Å². The number of hydrogen-bond donors (Lipinski definition) is 2. The summed E-state index contributed by atoms with van der Waals surface area (Å²) in [5.74, 6) is -0.577. The van der Waals surface area contributed by atoms with E-state index in [1.807, 2.05) is 72.8 Å². The van der Waals surface area contributed by atoms with Gasteiger partial charge in [0.2, 0.25) is 11.8 Å². The number of nitrogens with one attached hydrogen (secondary N) is 1. The summed E-state index contributed by atoms with van der Waals surface area (Å²) in [6.45, 7) is 2.56. The zero-order valence-corrected chi connectivity index (χ0v) is 17.1. The first-order chi connectivity index (χ1) is 14.5. The van der Waals surface area contributed by atoms with E-state index in [4.69, 9.17) is 5.73 Å². The number of hydrogen-bond acceptors (Lipinski definition) is 3. The lowest BCUT2D eigenvalue weighted by molar-refractivity contribution is -0.140. The predicted molar refractivity (Wildman–Crippen MR) is 119 cm³/mol. The Morgan fingerprint density at radius 2 is 1.77 bits per heavy atom. The second kappa shape index (κ2) is 8.67. The van der Waals surface area contributed by atoms with E-state index in [-0.39, 0.29) is 11.9 Å². The minimum atomic E-state index is -0.693. The van der Waals surface area contributed by atoms with E-state index in [1.165, 1.54) is 0 Å². The molecule has 0 aromatic heterocycles. The first-order valence-electron chi connectivity index (χ1n) is 10.4. The molecule has 5 heteroatoms. The van der Waals surface area contributed by atoms with Gasteiger partial charge in [0.15, 0.2) is 0 Å². The van der Waals surface area contributed by atoms with Gasteiger partial charge < -0.3 is 10.6 Å². The number of rotatable bonds is 5. The molecule has 2 amide bonds. The van der Waals surface area contributed by atoms with Crippen molar-refractivity contribution in [2.24, 2.45) is 5.73 Å². The second-order valence-electron chi connectivity index (χ2n) is 7.99. The van der Waals surface area contributed by atoms with Crippen molar-refractivity contribution in [1.29, 1.82) is 0 Å². The monoisotopic (exact) mass is 401 g/mol. The van der Waals surface area contributed by atoms with Gasteiger partial charge in [-0.05, 0) is 35.2 Å². The molecule has 3 aromatic carbocycles. The summed E-state index contributed by atoms with van der Waals surface area (Å²) in [5, 5.41) is 5.61. The van der Waals surface area contributed by atoms with E-state index in [2.05, 4.69) is 12.2 Å². The van der Waals surface area contributed by atoms with E-state index in [1.54, 1.807) is 4.90 Å². The highest BCUT2D eigenvalue weighted by Gasteiger charge is 2.36. The fraction of sp³-hybridized carbons (Fsp3) is 0.280. The molecule has 3 aromatic rings. The SMILES string of the molecule is C[C@@H]1CCN([C@H](Cc2cccc3ccccc23)C(N)=O)C(=O)[C@H](c2ccccc2)N1. The van der Waals surface area contributed by atoms with Crippen LogP contribution < -0.4 is 11.1 Å². The molecule has 3 atom stereocenters. The largest absolute Gasteiger partial charge is 0.368 e. The average molecular weight is 402 g/mol. The molecule has 0 saturated carbocycles. The Kier molecular flexibility index (Phi) is 5.81. The van der Waals surface area contributed by atoms with Gasteiger partial charge in [0, 0.05) is 19.0 Å². The summed E-state index contributed by atoms with van der Waals surface area (Å²) in [6, 6.07) is 22.7. The van der Waals surface area contributed by atoms with Crippen LogP contribution in [-0.4, -0.2) is 35.3 Å². The topological polar surface area (TPSA) is 75.4 Å². The first-order valence-corrected chi connectivity index (χ1v) is 10.4. The highest BCUT2D eigenvalue weighted by atomic mass is 16.2. The van der Waals surface area contributed by atoms with Crippen LogP contribution in [0.5, 0.6) is 0 Å². The van der Waals surface area contributed by atoms with Gasteiger partial charge in [0.1, 0.15) is 12.1 Å². The Bertz CT molecular complexity index is 1050. The molecule has 30 heavy (non-hydrogen) atoms. The molecule has 0 unspecified atom stereocenters. The molecule has 3 N–H and O–H groups in total. The molecule has 0 spiro atoms. The van der Waals surface area contributed by atoms with Gasteiger partial charge in [-0.1, -0.05) is 72.8 Å². The van der Waals surface area contributed by atoms with Gasteiger partial charge in [0.25, 0.3) is 0 Å². The highest BCUT2D eigenvalue weighted by molar-refractivity contribution is 5.91. The molecule has 0 radical (unpaired) electrons. The van der Waals surface area contributed by atoms with Crippen LogP contribution in [0.1, 0.15) is 30.5 Å². The molecule has 1 aliphatic heterocycles. The highest BCUT2D eigenvalue weighted by Crippen LogP contribution is 2.25. The summed E-state index contributed by atoms with van der Waals surface area (Å²) < 4.78 is 0. The number of primary amides is 1. The second-order valence-corrected chi connectivity index (χ2v) is 7.99. The minimum absolute atomic E-state index is 0.102. The van der Waals surface area contributed by atoms with Crippen LogP contribution in [0, 0.1) is 0 Å². The molecule has 1 aliphatic rings. The lowest BCUT2D eigenvalue weighted by Crippen LogP contribution is -2.51. The maximum absolute atomic E-state index is 13.5. The molecule has 5 nitrogen and oxygen atoms in total. The summed E-state index contributed by atoms with van der Waals surface area (Å²) in [5.41, 5.74) is 7.76. The Morgan fingerprint density at radius 3 is 2.53 bits per heavy atom. The van der Waals surface area contributed by atoms with Gasteiger partial charge in [-0.25, -0.2) is 0 Å². The van der Waals surface area contributed by atoms with E-state index in [0.717, 1.165) is 28.3 Å². The fourth-order valence-electron chi connectivity index (χ4n) is 4.28. The van der Waals surface area contributed by atoms with Crippen molar-refractivity contribution in [3.05, 3.63) is 83.9 Å². The third kappa shape index (κ3) is 4.07. The number of benzene rings is 3. The van der Waals surface area contributed by atoms with Crippen molar-refractivity contribution in [3.8, 4) is 0 Å². The quantitative estimate of drug-likeness (QED) is 0.689. The van der Waals surface area contributed by atoms with Crippen LogP contribution in [-0.2, 0) is 16.0 Å². The standard InChI is InChI=1S/C25H27N3O2/c1-17-14-15-28(25(30)23(27-17)19-9-3-2-4-10-19)22(24(26)29)16-20-12-7-11-18-8-5-6-13-21(18)20/h2-13,17,22-23,27H,14-16H2,1H3,(H2,26,29)/t17-,22-,23+/m1/s1. The average Bonchev–Trinajstić information content (AvgIpc) is 2.91. The Labute approximate surface area is 176 Å². The molecule has 154 valence electrons. The fourth-order valence-corrected chi connectivity index (χ4v) is 4.28. The van der Waals surface area contributed by atoms with Crippen molar-refractivity contribution >= 4 is 22.6 Å². The van der Waals surface area contributed by atoms with E-state index in [0.29, 0.717) is 13.0 Å². The molecule has 4 rings (SSSR count). The van der Waals surface area contributed by atoms with E-state index in [9.17, 15) is 9.59 Å². The maximum Gasteiger partial charge on any atom is 0.245 e. The van der Waals surface area contributed by atoms with Crippen molar-refractivity contribution < 1.29 is 9.59 Å². The zero-order valence-electron chi connectivity index (χ0n) is 17.1. The first kappa shape index (κ1) is 20.1. The number of nitrogens with two attached hydrogens (primary N) is 1. The zero-order chi connectivity index (χ0) is 21.1. The van der Waals surface area contributed by atoms with Crippen LogP contribution in [0.25, 0.3) is 10.8 Å². The van der Waals surface area contributed by atoms with Crippen LogP contribution in [0.2, 0.25) is 0 Å². The van der Waals surface area contributed by atoms with E-state index < -0.39 is 18.0 Å².